The summed E-state index contributed by atoms with van der Waals surface area (Å²) < 4.78 is 11.0. The molecule has 4 N–H and O–H groups in total. The number of nitrogens with one attached hydrogen (secondary N) is 3. The summed E-state index contributed by atoms with van der Waals surface area (Å²) in [7, 11) is 0. The van der Waals surface area contributed by atoms with Gasteiger partial charge in [-0.25, -0.2) is 9.59 Å². The van der Waals surface area contributed by atoms with Gasteiger partial charge in [-0.2, -0.15) is 0 Å². The zero-order valence-electron chi connectivity index (χ0n) is 23.3. The van der Waals surface area contributed by atoms with Crippen LogP contribution in [0.2, 0.25) is 0 Å². The van der Waals surface area contributed by atoms with Crippen LogP contribution in [0.15, 0.2) is 86.0 Å². The number of aliphatic hydroxyl groups is 1. The minimum Gasteiger partial charge on any atom is -0.454 e. The number of ether oxygens (including phenoxy) is 2. The number of esters is 1. The fourth-order valence-corrected chi connectivity index (χ4v) is 3.83. The van der Waals surface area contributed by atoms with Gasteiger partial charge in [-0.05, 0) is 30.9 Å². The molecule has 220 valence electrons. The summed E-state index contributed by atoms with van der Waals surface area (Å²) in [5.74, 6) is -2.24. The standard InChI is InChI=1S/C31H39N3O7/c1-4-12-25(18-28(36)33-22(3)20-35)29(37)32-19-27(24-16-10-7-11-17-24)41-30(38)26(13-5-2)34-31(39)40-21-23-14-8-6-9-15-23/h4-11,14-17,22,25-27,35H,1-2,12-13,18-21H2,3H3,(H,32,37)(H,33,36)(H,34,39)/t22-,25-,26+,27-/m0/s1. The average molecular weight is 566 g/mol. The van der Waals surface area contributed by atoms with Crippen LogP contribution in [0.4, 0.5) is 4.79 Å². The Labute approximate surface area is 240 Å². The molecule has 0 fully saturated rings. The smallest absolute Gasteiger partial charge is 0.408 e. The van der Waals surface area contributed by atoms with Crippen molar-refractivity contribution in [2.24, 2.45) is 5.92 Å². The highest BCUT2D eigenvalue weighted by Gasteiger charge is 2.28. The first kappa shape index (κ1) is 32.8. The van der Waals surface area contributed by atoms with Crippen LogP contribution in [0.1, 0.15) is 43.4 Å². The van der Waals surface area contributed by atoms with E-state index in [9.17, 15) is 19.2 Å². The van der Waals surface area contributed by atoms with Crippen molar-refractivity contribution in [2.75, 3.05) is 13.2 Å². The Kier molecular flexibility index (Phi) is 14.4. The normalized spacial score (nSPS) is 13.4. The molecule has 0 spiro atoms. The highest BCUT2D eigenvalue weighted by molar-refractivity contribution is 5.86. The Hall–Kier alpha value is -4.44. The van der Waals surface area contributed by atoms with Gasteiger partial charge < -0.3 is 30.5 Å². The fraction of sp³-hybridized carbons (Fsp3) is 0.355. The lowest BCUT2D eigenvalue weighted by molar-refractivity contribution is -0.152. The van der Waals surface area contributed by atoms with Crippen LogP contribution in [0.25, 0.3) is 0 Å². The van der Waals surface area contributed by atoms with Crippen LogP contribution in [0, 0.1) is 5.92 Å². The van der Waals surface area contributed by atoms with Crippen molar-refractivity contribution in [2.45, 2.75) is 51.0 Å². The number of alkyl carbamates (subject to hydrolysis) is 1. The maximum Gasteiger partial charge on any atom is 0.408 e. The van der Waals surface area contributed by atoms with Crippen molar-refractivity contribution in [1.29, 1.82) is 0 Å². The molecule has 0 aliphatic heterocycles. The summed E-state index contributed by atoms with van der Waals surface area (Å²) in [5.41, 5.74) is 1.42. The predicted molar refractivity (Wildman–Crippen MR) is 154 cm³/mol. The van der Waals surface area contributed by atoms with E-state index < -0.39 is 42.1 Å². The zero-order valence-corrected chi connectivity index (χ0v) is 23.3. The molecular weight excluding hydrogens is 526 g/mol. The molecule has 0 aliphatic rings. The van der Waals surface area contributed by atoms with Crippen LogP contribution in [0.5, 0.6) is 0 Å². The largest absolute Gasteiger partial charge is 0.454 e. The summed E-state index contributed by atoms with van der Waals surface area (Å²) in [6.45, 7) is 8.71. The van der Waals surface area contributed by atoms with Gasteiger partial charge in [0.25, 0.3) is 0 Å². The van der Waals surface area contributed by atoms with Crippen molar-refractivity contribution in [3.63, 3.8) is 0 Å². The molecule has 0 unspecified atom stereocenters. The number of amides is 3. The second-order valence-corrected chi connectivity index (χ2v) is 9.44. The van der Waals surface area contributed by atoms with Crippen molar-refractivity contribution in [3.8, 4) is 0 Å². The Morgan fingerprint density at radius 2 is 1.56 bits per heavy atom. The third-order valence-electron chi connectivity index (χ3n) is 6.02. The maximum absolute atomic E-state index is 13.1. The molecule has 10 heteroatoms. The highest BCUT2D eigenvalue weighted by atomic mass is 16.6. The van der Waals surface area contributed by atoms with Gasteiger partial charge in [-0.3, -0.25) is 9.59 Å². The zero-order chi connectivity index (χ0) is 30.0. The number of carbonyl (C=O) groups excluding carboxylic acids is 4. The summed E-state index contributed by atoms with van der Waals surface area (Å²) >= 11 is 0. The highest BCUT2D eigenvalue weighted by Crippen LogP contribution is 2.19. The molecule has 2 rings (SSSR count). The van der Waals surface area contributed by atoms with Crippen molar-refractivity contribution >= 4 is 23.9 Å². The molecule has 2 aromatic carbocycles. The van der Waals surface area contributed by atoms with E-state index in [1.54, 1.807) is 43.3 Å². The molecule has 3 amide bonds. The summed E-state index contributed by atoms with van der Waals surface area (Å²) in [4.78, 5) is 50.8. The number of carbonyl (C=O) groups is 4. The van der Waals surface area contributed by atoms with Gasteiger partial charge in [0.1, 0.15) is 18.8 Å². The van der Waals surface area contributed by atoms with E-state index in [-0.39, 0.29) is 44.9 Å². The molecule has 2 aromatic rings. The summed E-state index contributed by atoms with van der Waals surface area (Å²) in [6.07, 6.45) is 1.59. The van der Waals surface area contributed by atoms with Crippen LogP contribution in [-0.2, 0) is 30.5 Å². The minimum absolute atomic E-state index is 0.0318. The first-order valence-electron chi connectivity index (χ1n) is 13.4. The second-order valence-electron chi connectivity index (χ2n) is 9.44. The Bertz CT molecular complexity index is 1140. The average Bonchev–Trinajstić information content (AvgIpc) is 2.98. The van der Waals surface area contributed by atoms with Gasteiger partial charge in [-0.15, -0.1) is 13.2 Å². The SMILES string of the molecule is C=CC[C@@H](CC(=O)N[C@@H](C)CO)C(=O)NC[C@H](OC(=O)[C@@H](CC=C)NC(=O)OCc1ccccc1)c1ccccc1. The third kappa shape index (κ3) is 12.1. The van der Waals surface area contributed by atoms with Crippen LogP contribution >= 0.6 is 0 Å². The Morgan fingerprint density at radius 3 is 2.17 bits per heavy atom. The van der Waals surface area contributed by atoms with Gasteiger partial charge in [-0.1, -0.05) is 72.8 Å². The Morgan fingerprint density at radius 1 is 0.927 bits per heavy atom. The van der Waals surface area contributed by atoms with Crippen LogP contribution < -0.4 is 16.0 Å². The quantitative estimate of drug-likeness (QED) is 0.170. The molecule has 0 radical (unpaired) electrons. The molecule has 4 atom stereocenters. The molecule has 0 aromatic heterocycles. The predicted octanol–water partition coefficient (Wildman–Crippen LogP) is 3.34. The molecule has 0 bridgehead atoms. The number of aliphatic hydroxyl groups excluding tert-OH is 1. The first-order valence-corrected chi connectivity index (χ1v) is 13.4. The monoisotopic (exact) mass is 565 g/mol. The van der Waals surface area contributed by atoms with E-state index in [1.807, 2.05) is 30.3 Å². The molecule has 0 aliphatic carbocycles. The first-order chi connectivity index (χ1) is 19.8. The maximum atomic E-state index is 13.1. The lowest BCUT2D eigenvalue weighted by atomic mass is 9.99. The van der Waals surface area contributed by atoms with E-state index in [1.165, 1.54) is 6.08 Å². The molecule has 0 heterocycles. The molecule has 0 saturated heterocycles. The topological polar surface area (TPSA) is 143 Å². The van der Waals surface area contributed by atoms with Gasteiger partial charge in [0.2, 0.25) is 11.8 Å². The number of hydrogen-bond acceptors (Lipinski definition) is 7. The Balaban J connectivity index is 2.06. The van der Waals surface area contributed by atoms with Crippen LogP contribution in [0.3, 0.4) is 0 Å². The fourth-order valence-electron chi connectivity index (χ4n) is 3.83. The number of benzene rings is 2. The number of allylic oxidation sites excluding steroid dienone is 1. The van der Waals surface area contributed by atoms with Gasteiger partial charge >= 0.3 is 12.1 Å². The molecule has 41 heavy (non-hydrogen) atoms. The lowest BCUT2D eigenvalue weighted by Crippen LogP contribution is -2.43. The minimum atomic E-state index is -1.07. The van der Waals surface area contributed by atoms with E-state index >= 15 is 0 Å². The van der Waals surface area contributed by atoms with E-state index in [0.29, 0.717) is 5.56 Å². The molecule has 10 nitrogen and oxygen atoms in total. The van der Waals surface area contributed by atoms with Crippen molar-refractivity contribution in [3.05, 3.63) is 97.1 Å². The van der Waals surface area contributed by atoms with Gasteiger partial charge in [0.15, 0.2) is 0 Å². The van der Waals surface area contributed by atoms with E-state index in [4.69, 9.17) is 14.6 Å². The third-order valence-corrected chi connectivity index (χ3v) is 6.02. The van der Waals surface area contributed by atoms with Crippen molar-refractivity contribution in [1.82, 2.24) is 16.0 Å². The summed E-state index contributed by atoms with van der Waals surface area (Å²) in [5, 5.41) is 17.1. The number of hydrogen-bond donors (Lipinski definition) is 4. The lowest BCUT2D eigenvalue weighted by Gasteiger charge is -2.24. The van der Waals surface area contributed by atoms with E-state index in [0.717, 1.165) is 5.56 Å². The van der Waals surface area contributed by atoms with Gasteiger partial charge in [0.05, 0.1) is 19.1 Å². The summed E-state index contributed by atoms with van der Waals surface area (Å²) in [6, 6.07) is 16.4. The van der Waals surface area contributed by atoms with Crippen molar-refractivity contribution < 1.29 is 33.8 Å². The molecule has 0 saturated carbocycles. The second kappa shape index (κ2) is 18.0. The van der Waals surface area contributed by atoms with E-state index in [2.05, 4.69) is 29.1 Å². The number of rotatable bonds is 17. The van der Waals surface area contributed by atoms with Crippen LogP contribution in [-0.4, -0.2) is 54.2 Å². The van der Waals surface area contributed by atoms with Gasteiger partial charge in [0, 0.05) is 12.5 Å². The molecular formula is C31H39N3O7.